The monoisotopic (exact) mass is 574 g/mol. The van der Waals surface area contributed by atoms with Crippen LogP contribution in [-0.4, -0.2) is 28.8 Å². The standard InChI is InChI=1S/C34H38O6S/c1-19-29(15-13-27(37)31(19)23-17-21(33(3,4)5)9-11-25(23)35)41(39,40)30-16-14-28(38)32(20(30)2)24-18-22(34(6,7)8)10-12-26(24)36/h9-18,35-38H,1-8H3. The molecular weight excluding hydrogens is 536 g/mol. The van der Waals surface area contributed by atoms with E-state index in [-0.39, 0.29) is 65.9 Å². The Morgan fingerprint density at radius 2 is 0.829 bits per heavy atom. The first-order chi connectivity index (χ1) is 18.9. The van der Waals surface area contributed by atoms with Gasteiger partial charge in [0.15, 0.2) is 0 Å². The second kappa shape index (κ2) is 10.1. The van der Waals surface area contributed by atoms with Crippen molar-refractivity contribution in [3.63, 3.8) is 0 Å². The van der Waals surface area contributed by atoms with Gasteiger partial charge in [0, 0.05) is 22.3 Å². The van der Waals surface area contributed by atoms with E-state index < -0.39 is 9.84 Å². The fourth-order valence-electron chi connectivity index (χ4n) is 5.14. The third-order valence-electron chi connectivity index (χ3n) is 7.63. The van der Waals surface area contributed by atoms with Crippen molar-refractivity contribution in [2.24, 2.45) is 0 Å². The Morgan fingerprint density at radius 3 is 1.15 bits per heavy atom. The Morgan fingerprint density at radius 1 is 0.512 bits per heavy atom. The van der Waals surface area contributed by atoms with Crippen molar-refractivity contribution in [1.82, 2.24) is 0 Å². The SMILES string of the molecule is Cc1c(S(=O)(=O)c2ccc(O)c(-c3cc(C(C)(C)C)ccc3O)c2C)ccc(O)c1-c1cc(C(C)(C)C)ccc1O. The van der Waals surface area contributed by atoms with E-state index in [9.17, 15) is 28.8 Å². The third-order valence-corrected chi connectivity index (χ3v) is 9.67. The predicted molar refractivity (Wildman–Crippen MR) is 163 cm³/mol. The summed E-state index contributed by atoms with van der Waals surface area (Å²) in [4.78, 5) is -0.0865. The molecule has 216 valence electrons. The average Bonchev–Trinajstić information content (AvgIpc) is 2.84. The molecule has 4 aromatic carbocycles. The van der Waals surface area contributed by atoms with E-state index >= 15 is 0 Å². The third kappa shape index (κ3) is 5.38. The van der Waals surface area contributed by atoms with E-state index in [1.54, 1.807) is 50.2 Å². The first-order valence-electron chi connectivity index (χ1n) is 13.4. The molecule has 0 aromatic heterocycles. The Kier molecular flexibility index (Phi) is 7.42. The highest BCUT2D eigenvalue weighted by Gasteiger charge is 2.29. The lowest BCUT2D eigenvalue weighted by atomic mass is 9.84. The highest BCUT2D eigenvalue weighted by Crippen LogP contribution is 2.46. The van der Waals surface area contributed by atoms with E-state index in [2.05, 4.69) is 0 Å². The molecule has 0 aliphatic rings. The van der Waals surface area contributed by atoms with Crippen molar-refractivity contribution in [3.05, 3.63) is 82.9 Å². The molecule has 4 rings (SSSR count). The Balaban J connectivity index is 1.96. The van der Waals surface area contributed by atoms with Crippen molar-refractivity contribution >= 4 is 9.84 Å². The molecule has 6 nitrogen and oxygen atoms in total. The van der Waals surface area contributed by atoms with Crippen molar-refractivity contribution in [2.75, 3.05) is 0 Å². The summed E-state index contributed by atoms with van der Waals surface area (Å²) in [5.74, 6) is -0.476. The number of hydrogen-bond donors (Lipinski definition) is 4. The maximum Gasteiger partial charge on any atom is 0.207 e. The zero-order chi connectivity index (χ0) is 30.7. The second-order valence-electron chi connectivity index (χ2n) is 12.6. The van der Waals surface area contributed by atoms with Crippen LogP contribution < -0.4 is 0 Å². The minimum Gasteiger partial charge on any atom is -0.507 e. The van der Waals surface area contributed by atoms with E-state index in [0.29, 0.717) is 11.1 Å². The molecule has 0 atom stereocenters. The van der Waals surface area contributed by atoms with Gasteiger partial charge in [0.25, 0.3) is 0 Å². The largest absolute Gasteiger partial charge is 0.507 e. The molecule has 0 aliphatic heterocycles. The molecule has 0 unspecified atom stereocenters. The normalized spacial score (nSPS) is 12.5. The van der Waals surface area contributed by atoms with Crippen molar-refractivity contribution in [3.8, 4) is 45.3 Å². The maximum absolute atomic E-state index is 14.2. The minimum absolute atomic E-state index is 0.0433. The molecule has 0 fully saturated rings. The molecule has 4 aromatic rings. The van der Waals surface area contributed by atoms with Gasteiger partial charge in [0.05, 0.1) is 9.79 Å². The Hall–Kier alpha value is -3.97. The number of benzene rings is 4. The summed E-state index contributed by atoms with van der Waals surface area (Å²) in [7, 11) is -4.18. The van der Waals surface area contributed by atoms with Crippen molar-refractivity contribution < 1.29 is 28.8 Å². The summed E-state index contributed by atoms with van der Waals surface area (Å²) >= 11 is 0. The van der Waals surface area contributed by atoms with E-state index in [0.717, 1.165) is 11.1 Å². The lowest BCUT2D eigenvalue weighted by molar-refractivity contribution is 0.467. The van der Waals surface area contributed by atoms with Crippen LogP contribution in [0.5, 0.6) is 23.0 Å². The highest BCUT2D eigenvalue weighted by molar-refractivity contribution is 7.91. The van der Waals surface area contributed by atoms with Gasteiger partial charge >= 0.3 is 0 Å². The molecule has 0 saturated carbocycles. The molecule has 41 heavy (non-hydrogen) atoms. The van der Waals surface area contributed by atoms with E-state index in [4.69, 9.17) is 0 Å². The molecule has 4 N–H and O–H groups in total. The van der Waals surface area contributed by atoms with Gasteiger partial charge in [-0.1, -0.05) is 53.7 Å². The summed E-state index contributed by atoms with van der Waals surface area (Å²) in [5.41, 5.74) is 2.99. The molecule has 0 aliphatic carbocycles. The molecule has 0 heterocycles. The van der Waals surface area contributed by atoms with Gasteiger partial charge in [-0.15, -0.1) is 0 Å². The first-order valence-corrected chi connectivity index (χ1v) is 14.9. The molecular formula is C34H38O6S. The van der Waals surface area contributed by atoms with Gasteiger partial charge in [-0.05, 0) is 95.5 Å². The molecule has 0 bridgehead atoms. The Bertz CT molecular complexity index is 1650. The van der Waals surface area contributed by atoms with Crippen LogP contribution in [-0.2, 0) is 20.7 Å². The van der Waals surface area contributed by atoms with Gasteiger partial charge in [-0.2, -0.15) is 0 Å². The van der Waals surface area contributed by atoms with Crippen LogP contribution in [0.2, 0.25) is 0 Å². The van der Waals surface area contributed by atoms with E-state index in [1.807, 2.05) is 41.5 Å². The van der Waals surface area contributed by atoms with Crippen molar-refractivity contribution in [2.45, 2.75) is 76.0 Å². The maximum atomic E-state index is 14.2. The lowest BCUT2D eigenvalue weighted by Gasteiger charge is -2.22. The highest BCUT2D eigenvalue weighted by atomic mass is 32.2. The number of hydrogen-bond acceptors (Lipinski definition) is 6. The van der Waals surface area contributed by atoms with Crippen LogP contribution >= 0.6 is 0 Å². The van der Waals surface area contributed by atoms with Crippen LogP contribution in [0, 0.1) is 13.8 Å². The molecule has 0 radical (unpaired) electrons. The van der Waals surface area contributed by atoms with Crippen LogP contribution in [0.25, 0.3) is 22.3 Å². The topological polar surface area (TPSA) is 115 Å². The van der Waals surface area contributed by atoms with Crippen LogP contribution in [0.3, 0.4) is 0 Å². The molecule has 0 saturated heterocycles. The molecule has 0 amide bonds. The van der Waals surface area contributed by atoms with Crippen LogP contribution in [0.1, 0.15) is 63.8 Å². The summed E-state index contributed by atoms with van der Waals surface area (Å²) in [6, 6.07) is 15.5. The summed E-state index contributed by atoms with van der Waals surface area (Å²) in [6.45, 7) is 15.3. The zero-order valence-electron chi connectivity index (χ0n) is 24.8. The van der Waals surface area contributed by atoms with Gasteiger partial charge < -0.3 is 20.4 Å². The fourth-order valence-corrected chi connectivity index (χ4v) is 6.88. The summed E-state index contributed by atoms with van der Waals surface area (Å²) < 4.78 is 28.4. The smallest absolute Gasteiger partial charge is 0.207 e. The van der Waals surface area contributed by atoms with Gasteiger partial charge in [-0.25, -0.2) is 8.42 Å². The number of aromatic hydroxyl groups is 4. The quantitative estimate of drug-likeness (QED) is 0.197. The minimum atomic E-state index is -4.18. The average molecular weight is 575 g/mol. The Labute approximate surface area is 242 Å². The lowest BCUT2D eigenvalue weighted by Crippen LogP contribution is -2.11. The molecule has 7 heteroatoms. The van der Waals surface area contributed by atoms with Crippen LogP contribution in [0.4, 0.5) is 0 Å². The molecule has 0 spiro atoms. The van der Waals surface area contributed by atoms with Gasteiger partial charge in [0.1, 0.15) is 23.0 Å². The summed E-state index contributed by atoms with van der Waals surface area (Å²) in [6.07, 6.45) is 0. The van der Waals surface area contributed by atoms with Gasteiger partial charge in [-0.3, -0.25) is 0 Å². The number of sulfone groups is 1. The fraction of sp³-hybridized carbons (Fsp3) is 0.294. The number of phenolic OH excluding ortho intramolecular Hbond substituents is 4. The summed E-state index contributed by atoms with van der Waals surface area (Å²) in [5, 5.41) is 43.2. The first kappa shape index (κ1) is 30.0. The van der Waals surface area contributed by atoms with Crippen molar-refractivity contribution in [1.29, 1.82) is 0 Å². The number of phenols is 4. The second-order valence-corrected chi connectivity index (χ2v) is 14.5. The van der Waals surface area contributed by atoms with Gasteiger partial charge in [0.2, 0.25) is 9.84 Å². The van der Waals surface area contributed by atoms with Crippen LogP contribution in [0.15, 0.2) is 70.5 Å². The van der Waals surface area contributed by atoms with E-state index in [1.165, 1.54) is 24.3 Å². The predicted octanol–water partition coefficient (Wildman–Crippen LogP) is 7.89. The zero-order valence-corrected chi connectivity index (χ0v) is 25.6. The number of rotatable bonds is 4.